The normalized spacial score (nSPS) is 14.6. The molecule has 0 unspecified atom stereocenters. The fourth-order valence-electron chi connectivity index (χ4n) is 2.68. The number of ketones is 1. The number of carbonyl (C=O) groups is 2. The quantitative estimate of drug-likeness (QED) is 0.552. The number of aromatic nitrogens is 3. The van der Waals surface area contributed by atoms with Crippen molar-refractivity contribution in [3.8, 4) is 0 Å². The number of anilines is 2. The maximum Gasteiger partial charge on any atom is 0.326 e. The van der Waals surface area contributed by atoms with Crippen LogP contribution in [0.2, 0.25) is 5.15 Å². The minimum atomic E-state index is -1.13. The molecule has 0 aliphatic heterocycles. The molecular formula is C18H14ClFN4O4S. The molecule has 0 saturated heterocycles. The summed E-state index contributed by atoms with van der Waals surface area (Å²) in [7, 11) is 0. The molecule has 2 heterocycles. The van der Waals surface area contributed by atoms with Crippen LogP contribution >= 0.6 is 22.9 Å². The van der Waals surface area contributed by atoms with Crippen LogP contribution < -0.4 is 4.90 Å². The highest BCUT2D eigenvalue weighted by molar-refractivity contribution is 7.18. The van der Waals surface area contributed by atoms with Crippen molar-refractivity contribution in [3.63, 3.8) is 0 Å². The molecule has 0 radical (unpaired) electrons. The lowest BCUT2D eigenvalue weighted by Gasteiger charge is -2.25. The Morgan fingerprint density at radius 3 is 2.62 bits per heavy atom. The number of hydrogen-bond acceptors (Lipinski definition) is 8. The van der Waals surface area contributed by atoms with Crippen LogP contribution in [-0.4, -0.2) is 38.0 Å². The van der Waals surface area contributed by atoms with E-state index in [-0.39, 0.29) is 27.0 Å². The second kappa shape index (κ2) is 7.53. The van der Waals surface area contributed by atoms with Gasteiger partial charge in [-0.2, -0.15) is 4.98 Å². The molecule has 1 atom stereocenters. The molecule has 8 nitrogen and oxygen atoms in total. The van der Waals surface area contributed by atoms with Gasteiger partial charge in [-0.05, 0) is 44.0 Å². The van der Waals surface area contributed by atoms with Crippen LogP contribution in [0, 0.1) is 5.82 Å². The molecule has 0 amide bonds. The fraction of sp³-hybridized carbons (Fsp3) is 0.278. The number of carboxylic acids is 1. The molecule has 4 rings (SSSR count). The van der Waals surface area contributed by atoms with Crippen LogP contribution in [0.25, 0.3) is 0 Å². The van der Waals surface area contributed by atoms with Crippen LogP contribution in [0.15, 0.2) is 28.8 Å². The summed E-state index contributed by atoms with van der Waals surface area (Å²) in [4.78, 5) is 34.0. The molecule has 1 fully saturated rings. The third kappa shape index (κ3) is 3.85. The number of hydrogen-bond donors (Lipinski definition) is 1. The van der Waals surface area contributed by atoms with Gasteiger partial charge >= 0.3 is 5.97 Å². The summed E-state index contributed by atoms with van der Waals surface area (Å²) in [5.41, 5.74) is 0.388. The van der Waals surface area contributed by atoms with Gasteiger partial charge in [0, 0.05) is 11.6 Å². The van der Waals surface area contributed by atoms with E-state index in [1.165, 1.54) is 36.1 Å². The van der Waals surface area contributed by atoms with Gasteiger partial charge in [-0.25, -0.2) is 14.2 Å². The van der Waals surface area contributed by atoms with Gasteiger partial charge < -0.3 is 14.5 Å². The van der Waals surface area contributed by atoms with E-state index in [9.17, 15) is 19.1 Å². The van der Waals surface area contributed by atoms with Crippen molar-refractivity contribution in [3.05, 3.63) is 51.8 Å². The lowest BCUT2D eigenvalue weighted by atomic mass is 10.2. The van der Waals surface area contributed by atoms with E-state index in [2.05, 4.69) is 15.1 Å². The van der Waals surface area contributed by atoms with Crippen LogP contribution in [-0.2, 0) is 4.79 Å². The highest BCUT2D eigenvalue weighted by Gasteiger charge is 2.33. The Kier molecular flexibility index (Phi) is 5.05. The largest absolute Gasteiger partial charge is 0.480 e. The van der Waals surface area contributed by atoms with E-state index in [4.69, 9.17) is 16.1 Å². The van der Waals surface area contributed by atoms with Gasteiger partial charge in [0.15, 0.2) is 16.1 Å². The number of carboxylic acid groups (broad SMARTS) is 1. The zero-order valence-corrected chi connectivity index (χ0v) is 16.6. The van der Waals surface area contributed by atoms with E-state index in [0.717, 1.165) is 24.2 Å². The number of aliphatic carboxylic acids is 1. The first kappa shape index (κ1) is 19.5. The minimum Gasteiger partial charge on any atom is -0.480 e. The van der Waals surface area contributed by atoms with E-state index in [1.54, 1.807) is 0 Å². The SMILES string of the molecule is C[C@@H](C(=O)O)N(c1ccc(F)cc1)c1nc(Cl)c(C(=O)c2nc(C3CC3)no2)s1. The number of rotatable bonds is 7. The third-order valence-corrected chi connectivity index (χ3v) is 5.85. The van der Waals surface area contributed by atoms with Gasteiger partial charge in [-0.15, -0.1) is 0 Å². The third-order valence-electron chi connectivity index (χ3n) is 4.41. The van der Waals surface area contributed by atoms with Gasteiger partial charge in [0.05, 0.1) is 0 Å². The summed E-state index contributed by atoms with van der Waals surface area (Å²) in [6.45, 7) is 1.45. The second-order valence-electron chi connectivity index (χ2n) is 6.54. The van der Waals surface area contributed by atoms with Crippen LogP contribution in [0.5, 0.6) is 0 Å². The van der Waals surface area contributed by atoms with Crippen molar-refractivity contribution in [2.75, 3.05) is 4.90 Å². The summed E-state index contributed by atoms with van der Waals surface area (Å²) < 4.78 is 18.4. The molecule has 3 aromatic rings. The molecule has 1 aromatic carbocycles. The lowest BCUT2D eigenvalue weighted by molar-refractivity contribution is -0.138. The molecule has 2 aromatic heterocycles. The Hall–Kier alpha value is -2.85. The van der Waals surface area contributed by atoms with Crippen molar-refractivity contribution in [1.82, 2.24) is 15.1 Å². The van der Waals surface area contributed by atoms with E-state index >= 15 is 0 Å². The average molecular weight is 437 g/mol. The Bertz CT molecular complexity index is 1080. The Morgan fingerprint density at radius 1 is 1.31 bits per heavy atom. The van der Waals surface area contributed by atoms with Gasteiger partial charge in [0.2, 0.25) is 0 Å². The number of benzene rings is 1. The molecule has 1 aliphatic carbocycles. The van der Waals surface area contributed by atoms with Crippen LogP contribution in [0.4, 0.5) is 15.2 Å². The van der Waals surface area contributed by atoms with Crippen molar-refractivity contribution in [2.24, 2.45) is 0 Å². The van der Waals surface area contributed by atoms with Gasteiger partial charge in [-0.3, -0.25) is 4.79 Å². The Balaban J connectivity index is 1.69. The molecule has 0 spiro atoms. The molecule has 11 heteroatoms. The van der Waals surface area contributed by atoms with Crippen molar-refractivity contribution in [1.29, 1.82) is 0 Å². The molecule has 0 bridgehead atoms. The molecule has 29 heavy (non-hydrogen) atoms. The van der Waals surface area contributed by atoms with E-state index in [0.29, 0.717) is 11.5 Å². The zero-order valence-electron chi connectivity index (χ0n) is 15.0. The minimum absolute atomic E-state index is 0.0531. The topological polar surface area (TPSA) is 109 Å². The smallest absolute Gasteiger partial charge is 0.326 e. The van der Waals surface area contributed by atoms with Crippen molar-refractivity contribution >= 4 is 45.5 Å². The molecular weight excluding hydrogens is 423 g/mol. The summed E-state index contributed by atoms with van der Waals surface area (Å²) in [6.07, 6.45) is 1.91. The highest BCUT2D eigenvalue weighted by Crippen LogP contribution is 2.39. The summed E-state index contributed by atoms with van der Waals surface area (Å²) in [5, 5.41) is 13.4. The number of carbonyl (C=O) groups excluding carboxylic acids is 1. The number of thiazole rings is 1. The van der Waals surface area contributed by atoms with Crippen molar-refractivity contribution in [2.45, 2.75) is 31.7 Å². The zero-order chi connectivity index (χ0) is 20.7. The number of nitrogens with zero attached hydrogens (tertiary/aromatic N) is 4. The lowest BCUT2D eigenvalue weighted by Crippen LogP contribution is -2.35. The van der Waals surface area contributed by atoms with E-state index < -0.39 is 23.6 Å². The monoisotopic (exact) mass is 436 g/mol. The molecule has 1 saturated carbocycles. The van der Waals surface area contributed by atoms with Gasteiger partial charge in [0.25, 0.3) is 11.7 Å². The molecule has 1 aliphatic rings. The maximum absolute atomic E-state index is 13.3. The maximum atomic E-state index is 13.3. The number of halogens is 2. The van der Waals surface area contributed by atoms with E-state index in [1.807, 2.05) is 0 Å². The van der Waals surface area contributed by atoms with Gasteiger partial charge in [0.1, 0.15) is 16.7 Å². The summed E-state index contributed by atoms with van der Waals surface area (Å²) >= 11 is 7.06. The first-order valence-electron chi connectivity index (χ1n) is 8.67. The Morgan fingerprint density at radius 2 is 2.00 bits per heavy atom. The first-order chi connectivity index (χ1) is 13.8. The van der Waals surface area contributed by atoms with Crippen LogP contribution in [0.1, 0.15) is 47.1 Å². The first-order valence-corrected chi connectivity index (χ1v) is 9.87. The average Bonchev–Trinajstić information content (AvgIpc) is 3.30. The highest BCUT2D eigenvalue weighted by atomic mass is 35.5. The fourth-order valence-corrected chi connectivity index (χ4v) is 4.00. The Labute approximate surface area is 172 Å². The van der Waals surface area contributed by atoms with Crippen LogP contribution in [0.3, 0.4) is 0 Å². The summed E-state index contributed by atoms with van der Waals surface area (Å²) in [6, 6.07) is 4.21. The molecule has 150 valence electrons. The predicted molar refractivity (Wildman–Crippen MR) is 102 cm³/mol. The second-order valence-corrected chi connectivity index (χ2v) is 7.87. The van der Waals surface area contributed by atoms with Crippen molar-refractivity contribution < 1.29 is 23.6 Å². The predicted octanol–water partition coefficient (Wildman–Crippen LogP) is 4.04. The van der Waals surface area contributed by atoms with Gasteiger partial charge in [-0.1, -0.05) is 28.1 Å². The molecule has 1 N–H and O–H groups in total. The standard InChI is InChI=1S/C18H14ClFN4O4S/c1-8(17(26)27)24(11-6-4-10(20)5-7-11)18-21-14(19)13(29-18)12(25)16-22-15(23-28-16)9-2-3-9/h4-9H,2-3H2,1H3,(H,26,27)/t8-/m0/s1. The summed E-state index contributed by atoms with van der Waals surface area (Å²) in [5.74, 6) is -1.66.